The summed E-state index contributed by atoms with van der Waals surface area (Å²) in [6.45, 7) is 0. The van der Waals surface area contributed by atoms with E-state index in [4.69, 9.17) is 0 Å². The van der Waals surface area contributed by atoms with Gasteiger partial charge >= 0.3 is 10.1 Å². The van der Waals surface area contributed by atoms with Gasteiger partial charge in [-0.2, -0.15) is 8.42 Å². The number of hydroxylamine groups is 2. The zero-order chi connectivity index (χ0) is 17.5. The first-order chi connectivity index (χ1) is 11.3. The normalized spacial score (nSPS) is 13.9. The van der Waals surface area contributed by atoms with Crippen LogP contribution in [0.5, 0.6) is 0 Å². The molecule has 0 saturated heterocycles. The van der Waals surface area contributed by atoms with E-state index < -0.39 is 38.1 Å². The SMILES string of the molecule is O=C1c2cccc([N+](=O)[O-])c2C(=O)N1OS(=O)(=O)c1ccccc1. The third kappa shape index (κ3) is 2.43. The maximum Gasteiger partial charge on any atom is 0.318 e. The molecule has 3 rings (SSSR count). The third-order valence-electron chi connectivity index (χ3n) is 3.26. The Balaban J connectivity index is 2.01. The fourth-order valence-corrected chi connectivity index (χ4v) is 3.10. The number of benzene rings is 2. The lowest BCUT2D eigenvalue weighted by atomic mass is 10.1. The highest BCUT2D eigenvalue weighted by Crippen LogP contribution is 2.32. The molecule has 0 atom stereocenters. The van der Waals surface area contributed by atoms with E-state index in [1.807, 2.05) is 0 Å². The highest BCUT2D eigenvalue weighted by Gasteiger charge is 2.44. The highest BCUT2D eigenvalue weighted by atomic mass is 32.2. The van der Waals surface area contributed by atoms with Gasteiger partial charge in [0.1, 0.15) is 5.56 Å². The molecule has 24 heavy (non-hydrogen) atoms. The minimum atomic E-state index is -4.45. The Hall–Kier alpha value is -3.11. The number of nitro groups is 1. The average molecular weight is 348 g/mol. The van der Waals surface area contributed by atoms with Gasteiger partial charge < -0.3 is 0 Å². The molecule has 0 radical (unpaired) electrons. The van der Waals surface area contributed by atoms with Crippen molar-refractivity contribution in [3.05, 3.63) is 69.8 Å². The molecule has 2 amide bonds. The second kappa shape index (κ2) is 5.51. The maximum absolute atomic E-state index is 12.3. The van der Waals surface area contributed by atoms with Crippen molar-refractivity contribution in [2.24, 2.45) is 0 Å². The summed E-state index contributed by atoms with van der Waals surface area (Å²) in [5.41, 5.74) is -1.40. The van der Waals surface area contributed by atoms with Crippen LogP contribution >= 0.6 is 0 Å². The molecule has 1 heterocycles. The Labute approximate surface area is 135 Å². The molecule has 0 aromatic heterocycles. The topological polar surface area (TPSA) is 124 Å². The van der Waals surface area contributed by atoms with Crippen molar-refractivity contribution in [3.8, 4) is 0 Å². The Bertz CT molecular complexity index is 970. The number of carbonyl (C=O) groups is 2. The molecule has 1 aliphatic heterocycles. The molecule has 0 spiro atoms. The van der Waals surface area contributed by atoms with E-state index in [0.29, 0.717) is 0 Å². The van der Waals surface area contributed by atoms with Gasteiger partial charge in [0.2, 0.25) is 0 Å². The van der Waals surface area contributed by atoms with Crippen molar-refractivity contribution in [2.75, 3.05) is 0 Å². The van der Waals surface area contributed by atoms with Gasteiger partial charge in [0.25, 0.3) is 17.5 Å². The summed E-state index contributed by atoms with van der Waals surface area (Å²) in [7, 11) is -4.45. The maximum atomic E-state index is 12.3. The lowest BCUT2D eigenvalue weighted by molar-refractivity contribution is -0.385. The second-order valence-electron chi connectivity index (χ2n) is 4.70. The van der Waals surface area contributed by atoms with Crippen LogP contribution in [0.3, 0.4) is 0 Å². The van der Waals surface area contributed by atoms with E-state index in [1.54, 1.807) is 6.07 Å². The summed E-state index contributed by atoms with van der Waals surface area (Å²) >= 11 is 0. The second-order valence-corrected chi connectivity index (χ2v) is 6.23. The molecule has 10 heteroatoms. The Morgan fingerprint density at radius 3 is 2.25 bits per heavy atom. The lowest BCUT2D eigenvalue weighted by Crippen LogP contribution is -2.32. The predicted octanol–water partition coefficient (Wildman–Crippen LogP) is 1.51. The van der Waals surface area contributed by atoms with Crippen LogP contribution in [-0.4, -0.2) is 30.2 Å². The van der Waals surface area contributed by atoms with Crippen LogP contribution in [0.4, 0.5) is 5.69 Å². The molecule has 0 fully saturated rings. The first-order valence-electron chi connectivity index (χ1n) is 6.49. The molecule has 122 valence electrons. The van der Waals surface area contributed by atoms with Crippen molar-refractivity contribution < 1.29 is 27.2 Å². The van der Waals surface area contributed by atoms with Gasteiger partial charge in [-0.3, -0.25) is 19.7 Å². The first-order valence-corrected chi connectivity index (χ1v) is 7.89. The van der Waals surface area contributed by atoms with Gasteiger partial charge in [0.15, 0.2) is 0 Å². The number of hydrogen-bond acceptors (Lipinski definition) is 7. The van der Waals surface area contributed by atoms with Crippen LogP contribution in [-0.2, 0) is 14.4 Å². The molecule has 9 nitrogen and oxygen atoms in total. The number of nitrogens with zero attached hydrogens (tertiary/aromatic N) is 2. The summed E-state index contributed by atoms with van der Waals surface area (Å²) in [5, 5.41) is 11.0. The Kier molecular flexibility index (Phi) is 3.62. The van der Waals surface area contributed by atoms with Crippen molar-refractivity contribution in [2.45, 2.75) is 4.90 Å². The monoisotopic (exact) mass is 348 g/mol. The Morgan fingerprint density at radius 1 is 0.958 bits per heavy atom. The summed E-state index contributed by atoms with van der Waals surface area (Å²) in [5.74, 6) is -2.29. The van der Waals surface area contributed by atoms with Crippen molar-refractivity contribution in [3.63, 3.8) is 0 Å². The zero-order valence-corrected chi connectivity index (χ0v) is 12.6. The summed E-state index contributed by atoms with van der Waals surface area (Å²) < 4.78 is 28.9. The predicted molar refractivity (Wildman–Crippen MR) is 78.3 cm³/mol. The first kappa shape index (κ1) is 15.8. The van der Waals surface area contributed by atoms with E-state index in [1.165, 1.54) is 36.4 Å². The van der Waals surface area contributed by atoms with Gasteiger partial charge in [-0.05, 0) is 18.2 Å². The van der Waals surface area contributed by atoms with E-state index in [-0.39, 0.29) is 15.5 Å². The third-order valence-corrected chi connectivity index (χ3v) is 4.45. The van der Waals surface area contributed by atoms with E-state index in [9.17, 15) is 28.1 Å². The molecule has 1 aliphatic rings. The molecule has 2 aromatic rings. The lowest BCUT2D eigenvalue weighted by Gasteiger charge is -2.12. The largest absolute Gasteiger partial charge is 0.318 e. The number of fused-ring (bicyclic) bond motifs is 1. The van der Waals surface area contributed by atoms with Crippen molar-refractivity contribution in [1.29, 1.82) is 0 Å². The number of hydrogen-bond donors (Lipinski definition) is 0. The van der Waals surface area contributed by atoms with Gasteiger partial charge in [-0.15, -0.1) is 9.35 Å². The quantitative estimate of drug-likeness (QED) is 0.466. The highest BCUT2D eigenvalue weighted by molar-refractivity contribution is 7.86. The number of nitro benzene ring substituents is 1. The standard InChI is InChI=1S/C14H8N2O7S/c17-13-10-7-4-8-11(16(19)20)12(10)14(18)15(13)23-24(21,22)9-5-2-1-3-6-9/h1-8H. The summed E-state index contributed by atoms with van der Waals surface area (Å²) in [4.78, 5) is 34.3. The minimum absolute atomic E-state index is 0.0139. The molecular formula is C14H8N2O7S. The number of amides is 2. The molecular weight excluding hydrogens is 340 g/mol. The molecule has 0 N–H and O–H groups in total. The van der Waals surface area contributed by atoms with Crippen LogP contribution in [0.15, 0.2) is 53.4 Å². The number of carbonyl (C=O) groups excluding carboxylic acids is 2. The van der Waals surface area contributed by atoms with E-state index >= 15 is 0 Å². The molecule has 0 unspecified atom stereocenters. The van der Waals surface area contributed by atoms with Gasteiger partial charge in [-0.25, -0.2) is 0 Å². The molecule has 2 aromatic carbocycles. The molecule has 0 aliphatic carbocycles. The average Bonchev–Trinajstić information content (AvgIpc) is 2.80. The number of imide groups is 1. The zero-order valence-electron chi connectivity index (χ0n) is 11.8. The van der Waals surface area contributed by atoms with Gasteiger partial charge in [0.05, 0.1) is 15.4 Å². The summed E-state index contributed by atoms with van der Waals surface area (Å²) in [6, 6.07) is 10.3. The molecule has 0 saturated carbocycles. The number of rotatable bonds is 4. The van der Waals surface area contributed by atoms with Crippen LogP contribution in [0, 0.1) is 10.1 Å². The minimum Gasteiger partial charge on any atom is -0.266 e. The van der Waals surface area contributed by atoms with Gasteiger partial charge in [-0.1, -0.05) is 24.3 Å². The fraction of sp³-hybridized carbons (Fsp3) is 0. The van der Waals surface area contributed by atoms with Crippen molar-refractivity contribution >= 4 is 27.6 Å². The van der Waals surface area contributed by atoms with Crippen LogP contribution < -0.4 is 0 Å². The van der Waals surface area contributed by atoms with E-state index in [2.05, 4.69) is 4.28 Å². The Morgan fingerprint density at radius 2 is 1.62 bits per heavy atom. The molecule has 0 bridgehead atoms. The van der Waals surface area contributed by atoms with Gasteiger partial charge in [0, 0.05) is 6.07 Å². The smallest absolute Gasteiger partial charge is 0.266 e. The fourth-order valence-electron chi connectivity index (χ4n) is 2.19. The summed E-state index contributed by atoms with van der Waals surface area (Å²) in [6.07, 6.45) is 0. The van der Waals surface area contributed by atoms with Crippen LogP contribution in [0.1, 0.15) is 20.7 Å². The van der Waals surface area contributed by atoms with E-state index in [0.717, 1.165) is 6.07 Å². The van der Waals surface area contributed by atoms with Crippen LogP contribution in [0.2, 0.25) is 0 Å². The van der Waals surface area contributed by atoms with Crippen molar-refractivity contribution in [1.82, 2.24) is 5.06 Å². The van der Waals surface area contributed by atoms with Crippen LogP contribution in [0.25, 0.3) is 0 Å².